The van der Waals surface area contributed by atoms with Crippen molar-refractivity contribution in [1.29, 1.82) is 0 Å². The number of aryl methyl sites for hydroxylation is 2. The molecule has 0 aliphatic carbocycles. The first-order chi connectivity index (χ1) is 14.1. The monoisotopic (exact) mass is 472 g/mol. The highest BCUT2D eigenvalue weighted by Crippen LogP contribution is 2.47. The Morgan fingerprint density at radius 3 is 1.29 bits per heavy atom. The largest absolute Gasteiger partial charge is 0.436 e. The van der Waals surface area contributed by atoms with Crippen molar-refractivity contribution >= 4 is 17.4 Å². The van der Waals surface area contributed by atoms with E-state index < -0.39 is 17.4 Å². The second-order valence-corrected chi connectivity index (χ2v) is 11.2. The summed E-state index contributed by atoms with van der Waals surface area (Å²) in [6.45, 7) is 15.8. The fourth-order valence-corrected chi connectivity index (χ4v) is 4.38. The first-order valence-electron chi connectivity index (χ1n) is 10.0. The second kappa shape index (κ2) is 9.67. The minimum Gasteiger partial charge on any atom is -0.423 e. The van der Waals surface area contributed by atoms with Gasteiger partial charge in [0.1, 0.15) is 11.5 Å². The van der Waals surface area contributed by atoms with E-state index in [0.717, 1.165) is 22.3 Å². The van der Waals surface area contributed by atoms with E-state index in [1.807, 2.05) is 79.7 Å². The van der Waals surface area contributed by atoms with Crippen LogP contribution in [0.5, 0.6) is 11.5 Å². The van der Waals surface area contributed by atoms with Gasteiger partial charge >= 0.3 is 17.4 Å². The van der Waals surface area contributed by atoms with Gasteiger partial charge in [0.15, 0.2) is 0 Å². The Hall–Kier alpha value is -1.32. The Balaban J connectivity index is 2.75. The average molecular weight is 472 g/mol. The fourth-order valence-electron chi connectivity index (χ4n) is 3.64. The minimum absolute atomic E-state index is 0.256. The number of benzene rings is 2. The highest BCUT2D eigenvalue weighted by Gasteiger charge is 2.28. The molecule has 0 saturated carbocycles. The van der Waals surface area contributed by atoms with Crippen LogP contribution in [0.3, 0.4) is 0 Å². The fraction of sp³-hybridized carbons (Fsp3) is 0.478. The van der Waals surface area contributed by atoms with Crippen molar-refractivity contribution < 1.29 is 27.2 Å². The lowest BCUT2D eigenvalue weighted by Gasteiger charge is -2.27. The molecule has 0 amide bonds. The SMILES string of the molecule is Cc1cc(Cc2cc(C)cc(C(C)(C)C)c2OP(O)F)c(OP(O)F)c(C(C)(C)C)c1. The van der Waals surface area contributed by atoms with Crippen LogP contribution in [-0.2, 0) is 17.3 Å². The van der Waals surface area contributed by atoms with Crippen molar-refractivity contribution in [2.75, 3.05) is 0 Å². The van der Waals surface area contributed by atoms with Gasteiger partial charge in [0.2, 0.25) is 0 Å². The molecule has 0 radical (unpaired) electrons. The molecule has 0 aliphatic rings. The Kier molecular flexibility index (Phi) is 8.09. The highest BCUT2D eigenvalue weighted by molar-refractivity contribution is 7.40. The Labute approximate surface area is 186 Å². The Bertz CT molecular complexity index is 857. The lowest BCUT2D eigenvalue weighted by molar-refractivity contribution is 0.419. The van der Waals surface area contributed by atoms with E-state index >= 15 is 0 Å². The molecule has 0 heterocycles. The number of hydrogen-bond donors (Lipinski definition) is 2. The smallest absolute Gasteiger partial charge is 0.423 e. The van der Waals surface area contributed by atoms with E-state index in [1.54, 1.807) is 0 Å². The van der Waals surface area contributed by atoms with E-state index in [9.17, 15) is 18.2 Å². The summed E-state index contributed by atoms with van der Waals surface area (Å²) >= 11 is 0. The van der Waals surface area contributed by atoms with Gasteiger partial charge in [0.25, 0.3) is 0 Å². The summed E-state index contributed by atoms with van der Waals surface area (Å²) in [6, 6.07) is 7.56. The summed E-state index contributed by atoms with van der Waals surface area (Å²) in [5, 5.41) is 0. The third-order valence-corrected chi connectivity index (χ3v) is 5.62. The molecule has 2 N–H and O–H groups in total. The van der Waals surface area contributed by atoms with Crippen LogP contribution >= 0.6 is 17.4 Å². The van der Waals surface area contributed by atoms with Gasteiger partial charge in [0.05, 0.1) is 0 Å². The van der Waals surface area contributed by atoms with Gasteiger partial charge in [-0.15, -0.1) is 8.39 Å². The van der Waals surface area contributed by atoms with Gasteiger partial charge in [0, 0.05) is 17.5 Å². The van der Waals surface area contributed by atoms with Crippen molar-refractivity contribution in [2.24, 2.45) is 0 Å². The molecule has 4 nitrogen and oxygen atoms in total. The predicted molar refractivity (Wildman–Crippen MR) is 124 cm³/mol. The molecule has 0 saturated heterocycles. The number of hydrogen-bond acceptors (Lipinski definition) is 4. The summed E-state index contributed by atoms with van der Waals surface area (Å²) in [4.78, 5) is 18.8. The van der Waals surface area contributed by atoms with E-state index in [4.69, 9.17) is 9.05 Å². The van der Waals surface area contributed by atoms with Crippen LogP contribution in [0.15, 0.2) is 24.3 Å². The van der Waals surface area contributed by atoms with Crippen molar-refractivity contribution in [3.8, 4) is 11.5 Å². The molecule has 0 aromatic heterocycles. The molecule has 0 aliphatic heterocycles. The van der Waals surface area contributed by atoms with Crippen molar-refractivity contribution in [1.82, 2.24) is 0 Å². The quantitative estimate of drug-likeness (QED) is 0.425. The van der Waals surface area contributed by atoms with Crippen LogP contribution in [0.25, 0.3) is 0 Å². The van der Waals surface area contributed by atoms with Crippen molar-refractivity contribution in [3.05, 3.63) is 57.6 Å². The Morgan fingerprint density at radius 1 is 0.710 bits per heavy atom. The molecule has 0 fully saturated rings. The molecule has 2 aromatic rings. The van der Waals surface area contributed by atoms with Crippen LogP contribution < -0.4 is 9.05 Å². The van der Waals surface area contributed by atoms with E-state index in [2.05, 4.69) is 0 Å². The number of rotatable bonds is 6. The molecule has 31 heavy (non-hydrogen) atoms. The van der Waals surface area contributed by atoms with E-state index in [-0.39, 0.29) is 28.7 Å². The molecular weight excluding hydrogens is 440 g/mol. The van der Waals surface area contributed by atoms with Gasteiger partial charge in [-0.05, 0) is 35.8 Å². The maximum atomic E-state index is 13.6. The highest BCUT2D eigenvalue weighted by atomic mass is 31.2. The Morgan fingerprint density at radius 2 is 1.03 bits per heavy atom. The molecule has 0 bridgehead atoms. The van der Waals surface area contributed by atoms with Gasteiger partial charge in [-0.25, -0.2) is 0 Å². The third-order valence-electron chi connectivity index (χ3n) is 4.95. The molecule has 2 unspecified atom stereocenters. The number of halogens is 2. The maximum absolute atomic E-state index is 13.6. The maximum Gasteiger partial charge on any atom is 0.436 e. The van der Waals surface area contributed by atoms with E-state index in [1.165, 1.54) is 0 Å². The standard InChI is InChI=1S/C23H32F2O4P2/c1-14-9-16(20(28-30(24)26)18(11-14)22(3,4)5)13-17-10-15(2)12-19(23(6,7)8)21(17)29-31(25)27/h9-12,26-27H,13H2,1-8H3. The molecule has 8 heteroatoms. The average Bonchev–Trinajstić information content (AvgIpc) is 2.56. The molecule has 2 atom stereocenters. The van der Waals surface area contributed by atoms with Crippen molar-refractivity contribution in [2.45, 2.75) is 72.6 Å². The topological polar surface area (TPSA) is 58.9 Å². The van der Waals surface area contributed by atoms with Crippen LogP contribution in [0.2, 0.25) is 0 Å². The summed E-state index contributed by atoms with van der Waals surface area (Å²) in [7, 11) is -6.24. The summed E-state index contributed by atoms with van der Waals surface area (Å²) in [6.07, 6.45) is 0.256. The predicted octanol–water partition coefficient (Wildman–Crippen LogP) is 7.62. The van der Waals surface area contributed by atoms with Gasteiger partial charge in [-0.2, -0.15) is 0 Å². The van der Waals surface area contributed by atoms with Gasteiger partial charge < -0.3 is 18.8 Å². The third kappa shape index (κ3) is 6.83. The summed E-state index contributed by atoms with van der Waals surface area (Å²) in [5.41, 5.74) is 4.03. The first-order valence-corrected chi connectivity index (χ1v) is 12.2. The lowest BCUT2D eigenvalue weighted by Crippen LogP contribution is -2.16. The second-order valence-electron chi connectivity index (χ2n) is 9.91. The van der Waals surface area contributed by atoms with E-state index in [0.29, 0.717) is 11.1 Å². The lowest BCUT2D eigenvalue weighted by atomic mass is 9.81. The molecule has 2 rings (SSSR count). The zero-order valence-corrected chi connectivity index (χ0v) is 21.2. The minimum atomic E-state index is -3.12. The van der Waals surface area contributed by atoms with Crippen LogP contribution in [0, 0.1) is 13.8 Å². The van der Waals surface area contributed by atoms with Crippen LogP contribution in [0.1, 0.15) is 74.9 Å². The normalized spacial score (nSPS) is 14.3. The van der Waals surface area contributed by atoms with Crippen LogP contribution in [0.4, 0.5) is 8.39 Å². The summed E-state index contributed by atoms with van der Waals surface area (Å²) in [5.74, 6) is 0.566. The molecule has 172 valence electrons. The van der Waals surface area contributed by atoms with Gasteiger partial charge in [-0.3, -0.25) is 0 Å². The molecule has 2 aromatic carbocycles. The zero-order chi connectivity index (χ0) is 23.7. The van der Waals surface area contributed by atoms with Crippen molar-refractivity contribution in [3.63, 3.8) is 0 Å². The first kappa shape index (κ1) is 25.9. The zero-order valence-electron chi connectivity index (χ0n) is 19.4. The summed E-state index contributed by atoms with van der Waals surface area (Å²) < 4.78 is 37.8. The molecular formula is C23H32F2O4P2. The van der Waals surface area contributed by atoms with Crippen LogP contribution in [-0.4, -0.2) is 9.79 Å². The molecule has 0 spiro atoms. The van der Waals surface area contributed by atoms with Gasteiger partial charge in [-0.1, -0.05) is 76.9 Å².